The molecule has 0 radical (unpaired) electrons. The summed E-state index contributed by atoms with van der Waals surface area (Å²) in [4.78, 5) is 13.0. The number of hydrogen-bond acceptors (Lipinski definition) is 3. The summed E-state index contributed by atoms with van der Waals surface area (Å²) in [5.74, 6) is -0.294. The Morgan fingerprint density at radius 3 is 2.65 bits per heavy atom. The molecule has 3 nitrogen and oxygen atoms in total. The van der Waals surface area contributed by atoms with Gasteiger partial charge in [-0.25, -0.2) is 0 Å². The fourth-order valence-electron chi connectivity index (χ4n) is 2.33. The summed E-state index contributed by atoms with van der Waals surface area (Å²) in [6, 6.07) is 16.8. The predicted molar refractivity (Wildman–Crippen MR) is 95.2 cm³/mol. The summed E-state index contributed by atoms with van der Waals surface area (Å²) in [7, 11) is 0. The molecule has 3 rings (SSSR count). The lowest BCUT2D eigenvalue weighted by Crippen LogP contribution is -2.38. The summed E-state index contributed by atoms with van der Waals surface area (Å²) < 4.78 is 1.11. The molecule has 1 amide bonds. The van der Waals surface area contributed by atoms with Gasteiger partial charge < -0.3 is 10.4 Å². The Kier molecular flexibility index (Phi) is 4.39. The molecule has 0 aliphatic rings. The van der Waals surface area contributed by atoms with Gasteiger partial charge in [0.2, 0.25) is 0 Å². The Balaban J connectivity index is 1.76. The first-order valence-electron chi connectivity index (χ1n) is 7.21. The molecule has 0 aliphatic heterocycles. The van der Waals surface area contributed by atoms with Crippen LogP contribution in [-0.2, 0) is 5.60 Å². The minimum atomic E-state index is -1.14. The Bertz CT molecular complexity index is 824. The molecule has 5 heteroatoms. The number of carbonyl (C=O) groups is 1. The first kappa shape index (κ1) is 16.0. The van der Waals surface area contributed by atoms with E-state index in [2.05, 4.69) is 5.32 Å². The van der Waals surface area contributed by atoms with Gasteiger partial charge in [-0.3, -0.25) is 4.79 Å². The summed E-state index contributed by atoms with van der Waals surface area (Å²) >= 11 is 7.55. The van der Waals surface area contributed by atoms with Gasteiger partial charge in [0.25, 0.3) is 5.91 Å². The number of fused-ring (bicyclic) bond motifs is 1. The van der Waals surface area contributed by atoms with Crippen LogP contribution in [0.5, 0.6) is 0 Å². The lowest BCUT2D eigenvalue weighted by Gasteiger charge is -2.22. The molecule has 23 heavy (non-hydrogen) atoms. The van der Waals surface area contributed by atoms with Crippen LogP contribution in [0.3, 0.4) is 0 Å². The first-order chi connectivity index (χ1) is 11.0. The maximum Gasteiger partial charge on any atom is 0.252 e. The molecular formula is C18H16ClNO2S. The molecule has 1 atom stereocenters. The van der Waals surface area contributed by atoms with Crippen LogP contribution < -0.4 is 5.32 Å². The number of halogens is 1. The molecule has 118 valence electrons. The topological polar surface area (TPSA) is 49.3 Å². The van der Waals surface area contributed by atoms with Crippen molar-refractivity contribution >= 4 is 38.9 Å². The average molecular weight is 346 g/mol. The van der Waals surface area contributed by atoms with E-state index in [1.165, 1.54) is 11.3 Å². The minimum absolute atomic E-state index is 0.115. The Morgan fingerprint density at radius 1 is 1.22 bits per heavy atom. The highest BCUT2D eigenvalue weighted by Gasteiger charge is 2.26. The van der Waals surface area contributed by atoms with Gasteiger partial charge >= 0.3 is 0 Å². The smallest absolute Gasteiger partial charge is 0.252 e. The Morgan fingerprint density at radius 2 is 1.91 bits per heavy atom. The third-order valence-corrected chi connectivity index (χ3v) is 5.37. The van der Waals surface area contributed by atoms with Crippen molar-refractivity contribution in [1.82, 2.24) is 5.32 Å². The van der Waals surface area contributed by atoms with E-state index in [-0.39, 0.29) is 12.5 Å². The number of carbonyl (C=O) groups excluding carboxylic acids is 1. The molecule has 1 aromatic heterocycles. The van der Waals surface area contributed by atoms with Crippen molar-refractivity contribution in [2.75, 3.05) is 6.54 Å². The molecule has 2 aromatic carbocycles. The zero-order chi connectivity index (χ0) is 16.4. The molecule has 0 spiro atoms. The van der Waals surface area contributed by atoms with Crippen molar-refractivity contribution in [2.45, 2.75) is 12.5 Å². The van der Waals surface area contributed by atoms with Crippen molar-refractivity contribution < 1.29 is 9.90 Å². The van der Waals surface area contributed by atoms with Crippen LogP contribution in [0.15, 0.2) is 54.6 Å². The second kappa shape index (κ2) is 6.32. The summed E-state index contributed by atoms with van der Waals surface area (Å²) in [5.41, 5.74) is -0.734. The maximum absolute atomic E-state index is 12.2. The van der Waals surface area contributed by atoms with Crippen LogP contribution in [0.2, 0.25) is 5.02 Å². The fourth-order valence-corrected chi connectivity index (χ4v) is 3.66. The van der Waals surface area contributed by atoms with Crippen molar-refractivity contribution in [3.05, 3.63) is 70.1 Å². The standard InChI is InChI=1S/C18H16ClNO2S/c1-18(22,16-10-12-6-2-5-9-15(12)23-16)11-20-17(21)13-7-3-4-8-14(13)19/h2-10,22H,11H2,1H3,(H,20,21)/t18-/m0/s1. The van der Waals surface area contributed by atoms with Crippen LogP contribution in [0, 0.1) is 0 Å². The van der Waals surface area contributed by atoms with Gasteiger partial charge in [-0.2, -0.15) is 0 Å². The number of rotatable bonds is 4. The van der Waals surface area contributed by atoms with Crippen molar-refractivity contribution in [2.24, 2.45) is 0 Å². The second-order valence-electron chi connectivity index (χ2n) is 5.58. The molecule has 0 aliphatic carbocycles. The van der Waals surface area contributed by atoms with Gasteiger partial charge in [0.05, 0.1) is 17.1 Å². The maximum atomic E-state index is 12.2. The van der Waals surface area contributed by atoms with Crippen LogP contribution in [0.1, 0.15) is 22.2 Å². The monoisotopic (exact) mass is 345 g/mol. The van der Waals surface area contributed by atoms with Crippen LogP contribution in [0.25, 0.3) is 10.1 Å². The van der Waals surface area contributed by atoms with Crippen molar-refractivity contribution in [1.29, 1.82) is 0 Å². The highest BCUT2D eigenvalue weighted by atomic mass is 35.5. The molecule has 0 saturated heterocycles. The Labute approximate surface area is 143 Å². The molecule has 2 N–H and O–H groups in total. The van der Waals surface area contributed by atoms with Crippen molar-refractivity contribution in [3.63, 3.8) is 0 Å². The summed E-state index contributed by atoms with van der Waals surface area (Å²) in [5, 5.41) is 15.0. The third kappa shape index (κ3) is 3.39. The fraction of sp³-hybridized carbons (Fsp3) is 0.167. The van der Waals surface area contributed by atoms with Gasteiger partial charge in [0.1, 0.15) is 5.60 Å². The number of nitrogens with one attached hydrogen (secondary N) is 1. The Hall–Kier alpha value is -1.88. The molecule has 0 saturated carbocycles. The van der Waals surface area contributed by atoms with Gasteiger partial charge in [-0.05, 0) is 36.6 Å². The molecule has 1 heterocycles. The van der Waals surface area contributed by atoms with Gasteiger partial charge in [-0.15, -0.1) is 11.3 Å². The lowest BCUT2D eigenvalue weighted by molar-refractivity contribution is 0.0557. The van der Waals surface area contributed by atoms with Crippen LogP contribution in [-0.4, -0.2) is 17.6 Å². The normalized spacial score (nSPS) is 13.7. The van der Waals surface area contributed by atoms with E-state index in [1.54, 1.807) is 31.2 Å². The minimum Gasteiger partial charge on any atom is -0.383 e. The second-order valence-corrected chi connectivity index (χ2v) is 7.08. The average Bonchev–Trinajstić information content (AvgIpc) is 2.98. The van der Waals surface area contributed by atoms with E-state index in [4.69, 9.17) is 11.6 Å². The van der Waals surface area contributed by atoms with Crippen LogP contribution in [0.4, 0.5) is 0 Å². The molecule has 0 fully saturated rings. The largest absolute Gasteiger partial charge is 0.383 e. The van der Waals surface area contributed by atoms with Crippen LogP contribution >= 0.6 is 22.9 Å². The first-order valence-corrected chi connectivity index (χ1v) is 8.41. The molecular weight excluding hydrogens is 330 g/mol. The highest BCUT2D eigenvalue weighted by Crippen LogP contribution is 2.32. The zero-order valence-electron chi connectivity index (χ0n) is 12.5. The van der Waals surface area contributed by atoms with Gasteiger partial charge in [-0.1, -0.05) is 41.9 Å². The lowest BCUT2D eigenvalue weighted by atomic mass is 10.0. The quantitative estimate of drug-likeness (QED) is 0.744. The number of hydrogen-bond donors (Lipinski definition) is 2. The van der Waals surface area contributed by atoms with E-state index in [9.17, 15) is 9.90 Å². The zero-order valence-corrected chi connectivity index (χ0v) is 14.1. The van der Waals surface area contributed by atoms with E-state index in [0.717, 1.165) is 15.0 Å². The van der Waals surface area contributed by atoms with Gasteiger partial charge in [0, 0.05) is 9.58 Å². The van der Waals surface area contributed by atoms with Gasteiger partial charge in [0.15, 0.2) is 0 Å². The summed E-state index contributed by atoms with van der Waals surface area (Å²) in [6.07, 6.45) is 0. The summed E-state index contributed by atoms with van der Waals surface area (Å²) in [6.45, 7) is 1.81. The van der Waals surface area contributed by atoms with Crippen molar-refractivity contribution in [3.8, 4) is 0 Å². The number of amides is 1. The highest BCUT2D eigenvalue weighted by molar-refractivity contribution is 7.19. The predicted octanol–water partition coefficient (Wildman–Crippen LogP) is 4.19. The van der Waals surface area contributed by atoms with E-state index < -0.39 is 5.60 Å². The number of thiophene rings is 1. The van der Waals surface area contributed by atoms with E-state index >= 15 is 0 Å². The molecule has 0 bridgehead atoms. The molecule has 3 aromatic rings. The SMILES string of the molecule is C[C@](O)(CNC(=O)c1ccccc1Cl)c1cc2ccccc2s1. The number of benzene rings is 2. The molecule has 0 unspecified atom stereocenters. The number of aliphatic hydroxyl groups is 1. The third-order valence-electron chi connectivity index (χ3n) is 3.67. The van der Waals surface area contributed by atoms with E-state index in [0.29, 0.717) is 10.6 Å². The van der Waals surface area contributed by atoms with E-state index in [1.807, 2.05) is 30.3 Å².